The van der Waals surface area contributed by atoms with E-state index in [1.54, 1.807) is 0 Å². The lowest BCUT2D eigenvalue weighted by Gasteiger charge is -2.26. The van der Waals surface area contributed by atoms with Crippen LogP contribution in [0.25, 0.3) is 0 Å². The molecule has 2 N–H and O–H groups in total. The number of hydrogen-bond acceptors (Lipinski definition) is 6. The fraction of sp³-hybridized carbons (Fsp3) is 1.00. The number of rotatable bonds is 3. The van der Waals surface area contributed by atoms with Crippen LogP contribution in [0.15, 0.2) is 0 Å². The van der Waals surface area contributed by atoms with E-state index in [9.17, 15) is 5.11 Å². The zero-order valence-corrected chi connectivity index (χ0v) is 11.6. The van der Waals surface area contributed by atoms with Crippen molar-refractivity contribution in [3.8, 4) is 0 Å². The van der Waals surface area contributed by atoms with Crippen LogP contribution in [0.2, 0.25) is 0 Å². The lowest BCUT2D eigenvalue weighted by molar-refractivity contribution is -0.190. The van der Waals surface area contributed by atoms with E-state index in [4.69, 9.17) is 58.9 Å². The molecule has 6 atom stereocenters. The molecule has 0 aliphatic carbocycles. The molecule has 6 nitrogen and oxygen atoms in total. The first-order valence-electron chi connectivity index (χ1n) is 5.23. The van der Waals surface area contributed by atoms with Gasteiger partial charge in [0.2, 0.25) is 10.1 Å². The Balaban J connectivity index is 2.06. The molecule has 0 aromatic heterocycles. The van der Waals surface area contributed by atoms with Crippen molar-refractivity contribution in [2.24, 2.45) is 0 Å². The third-order valence-corrected chi connectivity index (χ3v) is 3.39. The molecule has 0 amide bonds. The largest absolute Gasteiger partial charge is 0.394 e. The first-order chi connectivity index (χ1) is 8.38. The molecule has 0 unspecified atom stereocenters. The lowest BCUT2D eigenvalue weighted by Crippen LogP contribution is -2.43. The van der Waals surface area contributed by atoms with Crippen LogP contribution < -0.4 is 0 Å². The van der Waals surface area contributed by atoms with E-state index < -0.39 is 47.4 Å². The van der Waals surface area contributed by atoms with Crippen molar-refractivity contribution in [3.63, 3.8) is 0 Å². The molecular weight excluding hydrogens is 310 g/mol. The van der Waals surface area contributed by atoms with E-state index in [0.717, 1.165) is 0 Å². The van der Waals surface area contributed by atoms with Crippen LogP contribution in [0.5, 0.6) is 0 Å². The average molecular weight is 324 g/mol. The number of methoxy groups -OCH3 is 1. The number of fused-ring (bicyclic) bond motifs is 1. The number of alkyl halides is 3. The molecule has 106 valence electrons. The van der Waals surface area contributed by atoms with Gasteiger partial charge in [-0.3, -0.25) is 0 Å². The van der Waals surface area contributed by atoms with Crippen LogP contribution in [0, 0.1) is 0 Å². The Morgan fingerprint density at radius 3 is 2.44 bits per heavy atom. The smallest absolute Gasteiger partial charge is 0.241 e. The molecule has 2 aliphatic heterocycles. The Bertz CT molecular complexity index is 299. The number of aliphatic hydroxyl groups excluding tert-OH is 2. The van der Waals surface area contributed by atoms with Crippen molar-refractivity contribution in [2.45, 2.75) is 40.8 Å². The zero-order valence-electron chi connectivity index (χ0n) is 9.33. The first kappa shape index (κ1) is 15.0. The third kappa shape index (κ3) is 2.72. The van der Waals surface area contributed by atoms with Gasteiger partial charge in [0.05, 0.1) is 6.61 Å². The summed E-state index contributed by atoms with van der Waals surface area (Å²) in [6.07, 6.45) is -4.97. The van der Waals surface area contributed by atoms with Crippen LogP contribution in [-0.4, -0.2) is 64.7 Å². The predicted molar refractivity (Wildman–Crippen MR) is 62.6 cm³/mol. The second-order valence-electron chi connectivity index (χ2n) is 4.03. The minimum atomic E-state index is -1.74. The van der Waals surface area contributed by atoms with Gasteiger partial charge in [-0.2, -0.15) is 0 Å². The highest BCUT2D eigenvalue weighted by molar-refractivity contribution is 6.67. The predicted octanol–water partition coefficient (Wildman–Crippen LogP) is 0.191. The molecule has 2 aliphatic rings. The van der Waals surface area contributed by atoms with E-state index >= 15 is 0 Å². The monoisotopic (exact) mass is 322 g/mol. The molecule has 2 heterocycles. The lowest BCUT2D eigenvalue weighted by atomic mass is 10.1. The van der Waals surface area contributed by atoms with Gasteiger partial charge in [-0.1, -0.05) is 34.8 Å². The molecule has 18 heavy (non-hydrogen) atoms. The second kappa shape index (κ2) is 5.55. The summed E-state index contributed by atoms with van der Waals surface area (Å²) in [6, 6.07) is 0. The van der Waals surface area contributed by atoms with E-state index in [0.29, 0.717) is 0 Å². The average Bonchev–Trinajstić information content (AvgIpc) is 2.83. The highest BCUT2D eigenvalue weighted by Crippen LogP contribution is 2.43. The number of halogens is 3. The van der Waals surface area contributed by atoms with Gasteiger partial charge in [0, 0.05) is 7.11 Å². The summed E-state index contributed by atoms with van der Waals surface area (Å²) in [4.78, 5) is 0. The molecule has 0 aromatic rings. The van der Waals surface area contributed by atoms with Crippen molar-refractivity contribution in [1.29, 1.82) is 0 Å². The molecule has 0 radical (unpaired) electrons. The van der Waals surface area contributed by atoms with E-state index in [1.807, 2.05) is 0 Å². The maximum Gasteiger partial charge on any atom is 0.241 e. The minimum absolute atomic E-state index is 0.460. The number of ether oxygens (including phenoxy) is 4. The van der Waals surface area contributed by atoms with Crippen molar-refractivity contribution in [1.82, 2.24) is 0 Å². The van der Waals surface area contributed by atoms with Gasteiger partial charge >= 0.3 is 0 Å². The van der Waals surface area contributed by atoms with E-state index in [-0.39, 0.29) is 0 Å². The first-order valence-corrected chi connectivity index (χ1v) is 6.36. The Morgan fingerprint density at radius 1 is 1.28 bits per heavy atom. The second-order valence-corrected chi connectivity index (χ2v) is 6.40. The van der Waals surface area contributed by atoms with Crippen LogP contribution in [-0.2, 0) is 18.9 Å². The summed E-state index contributed by atoms with van der Waals surface area (Å²) < 4.78 is 19.6. The quantitative estimate of drug-likeness (QED) is 0.722. The standard InChI is InChI=1S/C9H13Cl3O6/c1-15-5-4(3(14)2-13)16-7-6(5)17-8(18-7)9(10,11)12/h3-8,13-14H,2H2,1H3/t3-,4+,5+,6-,7-,8-/m1/s1. The fourth-order valence-corrected chi connectivity index (χ4v) is 2.34. The SMILES string of the molecule is CO[C@H]1[C@H]([C@H](O)CO)O[C@@H]2O[C@H](C(Cl)(Cl)Cl)O[C@@H]21. The van der Waals surface area contributed by atoms with Gasteiger partial charge < -0.3 is 29.2 Å². The van der Waals surface area contributed by atoms with Gasteiger partial charge in [0.15, 0.2) is 6.29 Å². The Hall–Kier alpha value is 0.630. The summed E-state index contributed by atoms with van der Waals surface area (Å²) in [5.41, 5.74) is 0. The highest BCUT2D eigenvalue weighted by atomic mass is 35.6. The molecule has 0 aromatic carbocycles. The fourth-order valence-electron chi connectivity index (χ4n) is 2.04. The van der Waals surface area contributed by atoms with Gasteiger partial charge in [0.1, 0.15) is 24.4 Å². The Kier molecular flexibility index (Phi) is 4.64. The van der Waals surface area contributed by atoms with E-state index in [2.05, 4.69) is 0 Å². The molecule has 0 bridgehead atoms. The minimum Gasteiger partial charge on any atom is -0.394 e. The molecule has 0 saturated carbocycles. The summed E-state index contributed by atoms with van der Waals surface area (Å²) in [5, 5.41) is 18.5. The van der Waals surface area contributed by atoms with Gasteiger partial charge in [-0.25, -0.2) is 0 Å². The molecule has 0 spiro atoms. The van der Waals surface area contributed by atoms with Crippen LogP contribution in [0.3, 0.4) is 0 Å². The van der Waals surface area contributed by atoms with Gasteiger partial charge in [-0.15, -0.1) is 0 Å². The molecule has 2 rings (SSSR count). The van der Waals surface area contributed by atoms with Crippen LogP contribution in [0.4, 0.5) is 0 Å². The van der Waals surface area contributed by atoms with Gasteiger partial charge in [-0.05, 0) is 0 Å². The summed E-state index contributed by atoms with van der Waals surface area (Å²) in [5.74, 6) is 0. The Labute approximate surface area is 119 Å². The zero-order chi connectivity index (χ0) is 13.5. The number of aliphatic hydroxyl groups is 2. The van der Waals surface area contributed by atoms with Crippen molar-refractivity contribution in [3.05, 3.63) is 0 Å². The van der Waals surface area contributed by atoms with E-state index in [1.165, 1.54) is 7.11 Å². The van der Waals surface area contributed by atoms with Crippen LogP contribution in [0.1, 0.15) is 0 Å². The van der Waals surface area contributed by atoms with Crippen molar-refractivity contribution >= 4 is 34.8 Å². The summed E-state index contributed by atoms with van der Waals surface area (Å²) in [6.45, 7) is -0.460. The topological polar surface area (TPSA) is 77.4 Å². The highest BCUT2D eigenvalue weighted by Gasteiger charge is 2.57. The summed E-state index contributed by atoms with van der Waals surface area (Å²) >= 11 is 17.0. The molecule has 9 heteroatoms. The van der Waals surface area contributed by atoms with Crippen molar-refractivity contribution in [2.75, 3.05) is 13.7 Å². The maximum absolute atomic E-state index is 9.60. The molecule has 2 fully saturated rings. The third-order valence-electron chi connectivity index (χ3n) is 2.85. The molecular formula is C9H13Cl3O6. The van der Waals surface area contributed by atoms with Crippen LogP contribution >= 0.6 is 34.8 Å². The maximum atomic E-state index is 9.60. The normalized spacial score (nSPS) is 42.0. The molecule has 2 saturated heterocycles. The number of hydrogen-bond donors (Lipinski definition) is 2. The summed E-state index contributed by atoms with van der Waals surface area (Å²) in [7, 11) is 1.43. The Morgan fingerprint density at radius 2 is 1.94 bits per heavy atom. The van der Waals surface area contributed by atoms with Crippen molar-refractivity contribution < 1.29 is 29.2 Å². The van der Waals surface area contributed by atoms with Gasteiger partial charge in [0.25, 0.3) is 0 Å².